The van der Waals surface area contributed by atoms with E-state index in [0.29, 0.717) is 12.0 Å². The van der Waals surface area contributed by atoms with Crippen LogP contribution in [-0.2, 0) is 0 Å². The van der Waals surface area contributed by atoms with Gasteiger partial charge in [-0.05, 0) is 37.5 Å². The average molecular weight is 273 g/mol. The lowest BCUT2D eigenvalue weighted by Gasteiger charge is -2.30. The molecule has 2 unspecified atom stereocenters. The second-order valence-corrected chi connectivity index (χ2v) is 4.96. The Balaban J connectivity index is 2.64. The number of benzene rings is 1. The van der Waals surface area contributed by atoms with Crippen molar-refractivity contribution < 1.29 is 19.0 Å². The second kappa shape index (κ2) is 6.93. The van der Waals surface area contributed by atoms with Crippen LogP contribution in [-0.4, -0.2) is 28.9 Å². The first-order valence-corrected chi connectivity index (χ1v) is 6.41. The Kier molecular flexibility index (Phi) is 5.85. The summed E-state index contributed by atoms with van der Waals surface area (Å²) in [5.74, 6) is -1.90. The lowest BCUT2D eigenvalue weighted by molar-refractivity contribution is 0.145. The average Bonchev–Trinajstić information content (AvgIpc) is 2.39. The van der Waals surface area contributed by atoms with Crippen molar-refractivity contribution in [3.63, 3.8) is 0 Å². The maximum atomic E-state index is 13.1. The van der Waals surface area contributed by atoms with Gasteiger partial charge >= 0.3 is 0 Å². The number of hydrogen-bond acceptors (Lipinski definition) is 3. The fourth-order valence-electron chi connectivity index (χ4n) is 1.82. The molecule has 1 rings (SSSR count). The Morgan fingerprint density at radius 1 is 1.32 bits per heavy atom. The van der Waals surface area contributed by atoms with Gasteiger partial charge in [-0.25, -0.2) is 8.78 Å². The lowest BCUT2D eigenvalue weighted by atomic mass is 9.94. The molecular weight excluding hydrogens is 252 g/mol. The summed E-state index contributed by atoms with van der Waals surface area (Å²) < 4.78 is 25.9. The highest BCUT2D eigenvalue weighted by atomic mass is 19.2. The van der Waals surface area contributed by atoms with E-state index < -0.39 is 17.7 Å². The van der Waals surface area contributed by atoms with Crippen molar-refractivity contribution in [3.8, 4) is 0 Å². The van der Waals surface area contributed by atoms with Gasteiger partial charge in [0.15, 0.2) is 11.6 Å². The number of halogens is 2. The molecule has 0 spiro atoms. The molecule has 0 aliphatic carbocycles. The third-order valence-corrected chi connectivity index (χ3v) is 3.49. The van der Waals surface area contributed by atoms with Gasteiger partial charge in [0.05, 0.1) is 6.10 Å². The molecule has 3 N–H and O–H groups in total. The number of aliphatic hydroxyl groups is 2. The van der Waals surface area contributed by atoms with E-state index in [1.165, 1.54) is 6.07 Å². The summed E-state index contributed by atoms with van der Waals surface area (Å²) in [5.41, 5.74) is 0.0442. The van der Waals surface area contributed by atoms with Gasteiger partial charge in [0.2, 0.25) is 0 Å². The Morgan fingerprint density at radius 2 is 2.00 bits per heavy atom. The maximum absolute atomic E-state index is 13.1. The molecule has 1 aromatic rings. The van der Waals surface area contributed by atoms with Gasteiger partial charge in [-0.1, -0.05) is 13.0 Å². The molecular formula is C14H21F2NO2. The minimum absolute atomic E-state index is 0.0542. The van der Waals surface area contributed by atoms with Crippen molar-refractivity contribution in [3.05, 3.63) is 35.4 Å². The molecule has 0 bridgehead atoms. The van der Waals surface area contributed by atoms with Gasteiger partial charge in [0, 0.05) is 18.7 Å². The summed E-state index contributed by atoms with van der Waals surface area (Å²) in [6.07, 6.45) is 0.436. The topological polar surface area (TPSA) is 52.5 Å². The summed E-state index contributed by atoms with van der Waals surface area (Å²) >= 11 is 0. The zero-order chi connectivity index (χ0) is 14.5. The summed E-state index contributed by atoms with van der Waals surface area (Å²) in [7, 11) is 0. The van der Waals surface area contributed by atoms with Crippen LogP contribution in [0.2, 0.25) is 0 Å². The highest BCUT2D eigenvalue weighted by Crippen LogP contribution is 2.19. The van der Waals surface area contributed by atoms with Gasteiger partial charge in [-0.3, -0.25) is 0 Å². The zero-order valence-electron chi connectivity index (χ0n) is 11.3. The lowest BCUT2D eigenvalue weighted by Crippen LogP contribution is -2.44. The molecule has 2 atom stereocenters. The van der Waals surface area contributed by atoms with Crippen molar-refractivity contribution in [2.45, 2.75) is 38.3 Å². The smallest absolute Gasteiger partial charge is 0.159 e. The van der Waals surface area contributed by atoms with Crippen LogP contribution in [0.3, 0.4) is 0 Å². The Morgan fingerprint density at radius 3 is 2.53 bits per heavy atom. The van der Waals surface area contributed by atoms with Crippen LogP contribution in [0.1, 0.15) is 38.4 Å². The monoisotopic (exact) mass is 273 g/mol. The van der Waals surface area contributed by atoms with E-state index in [0.717, 1.165) is 18.6 Å². The summed E-state index contributed by atoms with van der Waals surface area (Å²) in [6, 6.07) is 3.36. The van der Waals surface area contributed by atoms with Crippen molar-refractivity contribution in [1.82, 2.24) is 5.32 Å². The Labute approximate surface area is 112 Å². The number of β-amino-alcohol motifs (C(OH)–C–C–N with tert-alkyl or cyclic N) is 1. The van der Waals surface area contributed by atoms with Crippen LogP contribution in [0.5, 0.6) is 0 Å². The largest absolute Gasteiger partial charge is 0.396 e. The second-order valence-electron chi connectivity index (χ2n) is 4.96. The maximum Gasteiger partial charge on any atom is 0.159 e. The number of nitrogens with one attached hydrogen (secondary N) is 1. The van der Waals surface area contributed by atoms with Crippen molar-refractivity contribution >= 4 is 0 Å². The fraction of sp³-hybridized carbons (Fsp3) is 0.571. The normalized spacial score (nSPS) is 16.1. The van der Waals surface area contributed by atoms with Crippen LogP contribution in [0, 0.1) is 11.6 Å². The molecule has 0 heterocycles. The van der Waals surface area contributed by atoms with Crippen LogP contribution >= 0.6 is 0 Å². The minimum atomic E-state index is -0.967. The standard InChI is InChI=1S/C14H21F2NO2/c1-3-14(2,6-7-18)17-9-13(19)10-4-5-11(15)12(16)8-10/h4-5,8,13,17-19H,3,6-7,9H2,1-2H3. The number of aliphatic hydroxyl groups excluding tert-OH is 2. The number of rotatable bonds is 7. The van der Waals surface area contributed by atoms with E-state index in [1.807, 2.05) is 13.8 Å². The molecule has 0 aliphatic rings. The molecule has 0 saturated carbocycles. The first kappa shape index (κ1) is 16.0. The fourth-order valence-corrected chi connectivity index (χ4v) is 1.82. The molecule has 0 fully saturated rings. The van der Waals surface area contributed by atoms with Crippen molar-refractivity contribution in [2.75, 3.05) is 13.2 Å². The molecule has 0 amide bonds. The van der Waals surface area contributed by atoms with E-state index in [1.54, 1.807) is 0 Å². The molecule has 5 heteroatoms. The Hall–Kier alpha value is -1.04. The molecule has 0 aliphatic heterocycles. The predicted octanol–water partition coefficient (Wildman–Crippen LogP) is 2.14. The van der Waals surface area contributed by atoms with E-state index in [4.69, 9.17) is 5.11 Å². The first-order chi connectivity index (χ1) is 8.91. The van der Waals surface area contributed by atoms with Crippen molar-refractivity contribution in [1.29, 1.82) is 0 Å². The van der Waals surface area contributed by atoms with E-state index in [2.05, 4.69) is 5.32 Å². The quantitative estimate of drug-likeness (QED) is 0.713. The molecule has 0 radical (unpaired) electrons. The van der Waals surface area contributed by atoms with Crippen LogP contribution < -0.4 is 5.32 Å². The first-order valence-electron chi connectivity index (χ1n) is 6.41. The SMILES string of the molecule is CCC(C)(CCO)NCC(O)c1ccc(F)c(F)c1. The van der Waals surface area contributed by atoms with Gasteiger partial charge in [0.25, 0.3) is 0 Å². The molecule has 0 aromatic heterocycles. The van der Waals surface area contributed by atoms with Gasteiger partial charge in [-0.2, -0.15) is 0 Å². The summed E-state index contributed by atoms with van der Waals surface area (Å²) in [6.45, 7) is 4.20. The molecule has 19 heavy (non-hydrogen) atoms. The minimum Gasteiger partial charge on any atom is -0.396 e. The highest BCUT2D eigenvalue weighted by molar-refractivity contribution is 5.20. The van der Waals surface area contributed by atoms with Crippen LogP contribution in [0.15, 0.2) is 18.2 Å². The zero-order valence-corrected chi connectivity index (χ0v) is 11.3. The molecule has 0 saturated heterocycles. The van der Waals surface area contributed by atoms with Gasteiger partial charge < -0.3 is 15.5 Å². The third kappa shape index (κ3) is 4.53. The van der Waals surface area contributed by atoms with Gasteiger partial charge in [0.1, 0.15) is 0 Å². The highest BCUT2D eigenvalue weighted by Gasteiger charge is 2.22. The molecule has 108 valence electrons. The van der Waals surface area contributed by atoms with Crippen LogP contribution in [0.4, 0.5) is 8.78 Å². The molecule has 1 aromatic carbocycles. The molecule has 3 nitrogen and oxygen atoms in total. The van der Waals surface area contributed by atoms with E-state index in [-0.39, 0.29) is 18.7 Å². The van der Waals surface area contributed by atoms with Gasteiger partial charge in [-0.15, -0.1) is 0 Å². The van der Waals surface area contributed by atoms with E-state index >= 15 is 0 Å². The third-order valence-electron chi connectivity index (χ3n) is 3.49. The van der Waals surface area contributed by atoms with Crippen molar-refractivity contribution in [2.24, 2.45) is 0 Å². The summed E-state index contributed by atoms with van der Waals surface area (Å²) in [4.78, 5) is 0. The predicted molar refractivity (Wildman–Crippen MR) is 69.7 cm³/mol. The number of hydrogen-bond donors (Lipinski definition) is 3. The summed E-state index contributed by atoms with van der Waals surface area (Å²) in [5, 5.41) is 22.1. The van der Waals surface area contributed by atoms with E-state index in [9.17, 15) is 13.9 Å². The Bertz CT molecular complexity index is 414. The van der Waals surface area contributed by atoms with Crippen LogP contribution in [0.25, 0.3) is 0 Å².